The Labute approximate surface area is 241 Å². The number of carbonyl (C=O) groups excluding carboxylic acids is 1. The van der Waals surface area contributed by atoms with Crippen molar-refractivity contribution in [3.63, 3.8) is 0 Å². The first-order chi connectivity index (χ1) is 18.7. The molecule has 1 atom stereocenters. The van der Waals surface area contributed by atoms with E-state index in [1.54, 1.807) is 24.4 Å². The Bertz CT molecular complexity index is 1480. The molecule has 1 saturated heterocycles. The average molecular weight is 611 g/mol. The monoisotopic (exact) mass is 609 g/mol. The molecule has 0 spiro atoms. The Kier molecular flexibility index (Phi) is 7.89. The van der Waals surface area contributed by atoms with Gasteiger partial charge in [-0.25, -0.2) is 9.07 Å². The average Bonchev–Trinajstić information content (AvgIpc) is 3.45. The van der Waals surface area contributed by atoms with Gasteiger partial charge in [-0.3, -0.25) is 9.69 Å². The largest absolute Gasteiger partial charge is 0.340 e. The number of hydrogen-bond donors (Lipinski definition) is 0. The highest BCUT2D eigenvalue weighted by Crippen LogP contribution is 2.31. The fourth-order valence-electron chi connectivity index (χ4n) is 5.04. The van der Waals surface area contributed by atoms with Crippen LogP contribution in [0.25, 0.3) is 16.8 Å². The fourth-order valence-corrected chi connectivity index (χ4v) is 5.64. The maximum absolute atomic E-state index is 14.6. The molecule has 4 aromatic rings. The van der Waals surface area contributed by atoms with Gasteiger partial charge in [-0.05, 0) is 66.0 Å². The molecule has 0 N–H and O–H groups in total. The van der Waals surface area contributed by atoms with Crippen LogP contribution in [0.2, 0.25) is 5.02 Å². The van der Waals surface area contributed by atoms with Gasteiger partial charge in [0.05, 0.1) is 22.1 Å². The number of halogens is 3. The summed E-state index contributed by atoms with van der Waals surface area (Å²) in [7, 11) is 0. The zero-order chi connectivity index (χ0) is 27.7. The molecule has 2 heterocycles. The Morgan fingerprint density at radius 2 is 1.69 bits per heavy atom. The lowest BCUT2D eigenvalue weighted by Gasteiger charge is -2.43. The van der Waals surface area contributed by atoms with Crippen LogP contribution in [0.15, 0.2) is 77.4 Å². The van der Waals surface area contributed by atoms with Crippen LogP contribution in [0.1, 0.15) is 37.9 Å². The summed E-state index contributed by atoms with van der Waals surface area (Å²) in [5.74, 6) is -0.509. The number of rotatable bonds is 6. The minimum absolute atomic E-state index is 0.119. The number of carbonyl (C=O) groups is 1. The molecule has 0 aliphatic carbocycles. The van der Waals surface area contributed by atoms with Crippen molar-refractivity contribution >= 4 is 33.4 Å². The normalized spacial score (nSPS) is 15.4. The van der Waals surface area contributed by atoms with E-state index in [0.29, 0.717) is 41.4 Å². The summed E-state index contributed by atoms with van der Waals surface area (Å²) in [6.07, 6.45) is 1.77. The second-order valence-electron chi connectivity index (χ2n) is 10.3. The van der Waals surface area contributed by atoms with Crippen LogP contribution in [0.3, 0.4) is 0 Å². The van der Waals surface area contributed by atoms with Gasteiger partial charge in [-0.2, -0.15) is 0 Å². The van der Waals surface area contributed by atoms with E-state index in [0.717, 1.165) is 22.4 Å². The summed E-state index contributed by atoms with van der Waals surface area (Å²) in [6.45, 7) is 8.78. The minimum Gasteiger partial charge on any atom is -0.340 e. The van der Waals surface area contributed by atoms with Gasteiger partial charge in [0.15, 0.2) is 5.82 Å². The van der Waals surface area contributed by atoms with Gasteiger partial charge in [-0.15, -0.1) is 5.10 Å². The summed E-state index contributed by atoms with van der Waals surface area (Å²) in [4.78, 5) is 17.6. The highest BCUT2D eigenvalue weighted by atomic mass is 79.9. The van der Waals surface area contributed by atoms with Crippen molar-refractivity contribution < 1.29 is 9.18 Å². The van der Waals surface area contributed by atoms with Gasteiger partial charge in [0.2, 0.25) is 5.91 Å². The van der Waals surface area contributed by atoms with Gasteiger partial charge >= 0.3 is 0 Å². The molecule has 1 amide bonds. The standard InChI is InChI=1S/C30H30BrClFN5O/c1-20(21-11-13-22(14-12-21)23-7-4-5-9-25(23)32)29(39)36-15-17-37(18-16-36)30(2,3)27-19-38(35-34-27)26-10-6-8-24(31)28(26)33/h4-14,19-20H,15-18H2,1-3H3. The molecule has 1 unspecified atom stereocenters. The molecule has 1 aromatic heterocycles. The van der Waals surface area contributed by atoms with Gasteiger partial charge in [0, 0.05) is 36.8 Å². The van der Waals surface area contributed by atoms with Crippen LogP contribution in [0.4, 0.5) is 4.39 Å². The number of benzene rings is 3. The van der Waals surface area contributed by atoms with Crippen molar-refractivity contribution in [3.8, 4) is 16.8 Å². The van der Waals surface area contributed by atoms with Crippen LogP contribution in [0, 0.1) is 5.82 Å². The number of hydrogen-bond acceptors (Lipinski definition) is 4. The van der Waals surface area contributed by atoms with Crippen molar-refractivity contribution in [2.45, 2.75) is 32.2 Å². The summed E-state index contributed by atoms with van der Waals surface area (Å²) >= 11 is 9.57. The van der Waals surface area contributed by atoms with E-state index in [1.165, 1.54) is 4.68 Å². The van der Waals surface area contributed by atoms with Crippen molar-refractivity contribution in [2.75, 3.05) is 26.2 Å². The van der Waals surface area contributed by atoms with Crippen LogP contribution in [-0.2, 0) is 10.3 Å². The number of amides is 1. The molecular formula is C30H30BrClFN5O. The van der Waals surface area contributed by atoms with Gasteiger partial charge in [-0.1, -0.05) is 65.3 Å². The molecule has 0 saturated carbocycles. The molecule has 1 aliphatic heterocycles. The Morgan fingerprint density at radius 3 is 2.38 bits per heavy atom. The molecule has 1 fully saturated rings. The van der Waals surface area contributed by atoms with E-state index in [4.69, 9.17) is 11.6 Å². The highest BCUT2D eigenvalue weighted by Gasteiger charge is 2.36. The predicted octanol–water partition coefficient (Wildman–Crippen LogP) is 6.67. The van der Waals surface area contributed by atoms with Crippen LogP contribution >= 0.6 is 27.5 Å². The molecule has 0 radical (unpaired) electrons. The molecule has 5 rings (SSSR count). The second-order valence-corrected chi connectivity index (χ2v) is 11.6. The minimum atomic E-state index is -0.434. The Morgan fingerprint density at radius 1 is 1.00 bits per heavy atom. The van der Waals surface area contributed by atoms with Crippen molar-refractivity contribution in [1.29, 1.82) is 0 Å². The quantitative estimate of drug-likeness (QED) is 0.245. The summed E-state index contributed by atoms with van der Waals surface area (Å²) < 4.78 is 16.4. The van der Waals surface area contributed by atoms with E-state index < -0.39 is 5.54 Å². The molecule has 3 aromatic carbocycles. The lowest BCUT2D eigenvalue weighted by atomic mass is 9.95. The van der Waals surface area contributed by atoms with Crippen LogP contribution in [-0.4, -0.2) is 56.9 Å². The van der Waals surface area contributed by atoms with Gasteiger partial charge in [0.1, 0.15) is 11.4 Å². The summed E-state index contributed by atoms with van der Waals surface area (Å²) in [5.41, 5.74) is 3.63. The third-order valence-electron chi connectivity index (χ3n) is 7.65. The molecule has 0 bridgehead atoms. The number of piperazine rings is 1. The Hall–Kier alpha value is -3.07. The van der Waals surface area contributed by atoms with E-state index in [1.807, 2.05) is 60.4 Å². The first kappa shape index (κ1) is 27.5. The number of aromatic nitrogens is 3. The summed E-state index contributed by atoms with van der Waals surface area (Å²) in [5, 5.41) is 9.26. The topological polar surface area (TPSA) is 54.3 Å². The molecule has 202 valence electrons. The molecule has 39 heavy (non-hydrogen) atoms. The van der Waals surface area contributed by atoms with Crippen LogP contribution in [0.5, 0.6) is 0 Å². The van der Waals surface area contributed by atoms with E-state index >= 15 is 0 Å². The van der Waals surface area contributed by atoms with E-state index in [2.05, 4.69) is 45.0 Å². The molecule has 9 heteroatoms. The van der Waals surface area contributed by atoms with Crippen molar-refractivity contribution in [2.24, 2.45) is 0 Å². The van der Waals surface area contributed by atoms with Crippen molar-refractivity contribution in [1.82, 2.24) is 24.8 Å². The predicted molar refractivity (Wildman–Crippen MR) is 155 cm³/mol. The number of nitrogens with zero attached hydrogens (tertiary/aromatic N) is 5. The first-order valence-electron chi connectivity index (χ1n) is 12.9. The van der Waals surface area contributed by atoms with Crippen molar-refractivity contribution in [3.05, 3.63) is 99.5 Å². The maximum Gasteiger partial charge on any atom is 0.229 e. The van der Waals surface area contributed by atoms with Crippen LogP contribution < -0.4 is 0 Å². The second kappa shape index (κ2) is 11.2. The third kappa shape index (κ3) is 5.51. The SMILES string of the molecule is CC(C(=O)N1CCN(C(C)(C)c2cn(-c3cccc(Br)c3F)nn2)CC1)c1ccc(-c2ccccc2Cl)cc1. The summed E-state index contributed by atoms with van der Waals surface area (Å²) in [6, 6.07) is 20.9. The van der Waals surface area contributed by atoms with Gasteiger partial charge < -0.3 is 4.90 Å². The Balaban J connectivity index is 1.22. The highest BCUT2D eigenvalue weighted by molar-refractivity contribution is 9.10. The molecular weight excluding hydrogens is 581 g/mol. The van der Waals surface area contributed by atoms with E-state index in [9.17, 15) is 9.18 Å². The lowest BCUT2D eigenvalue weighted by molar-refractivity contribution is -0.135. The lowest BCUT2D eigenvalue weighted by Crippen LogP contribution is -2.55. The van der Waals surface area contributed by atoms with Gasteiger partial charge in [0.25, 0.3) is 0 Å². The fraction of sp³-hybridized carbons (Fsp3) is 0.300. The zero-order valence-electron chi connectivity index (χ0n) is 22.1. The smallest absolute Gasteiger partial charge is 0.229 e. The molecule has 1 aliphatic rings. The zero-order valence-corrected chi connectivity index (χ0v) is 24.5. The maximum atomic E-state index is 14.6. The van der Waals surface area contributed by atoms with E-state index in [-0.39, 0.29) is 17.6 Å². The first-order valence-corrected chi connectivity index (χ1v) is 14.1. The molecule has 6 nitrogen and oxygen atoms in total. The third-order valence-corrected chi connectivity index (χ3v) is 8.59.